The normalized spacial score (nSPS) is 13.6. The van der Waals surface area contributed by atoms with E-state index in [-0.39, 0.29) is 36.6 Å². The minimum absolute atomic E-state index is 0.130. The number of rotatable bonds is 10. The zero-order chi connectivity index (χ0) is 24.0. The summed E-state index contributed by atoms with van der Waals surface area (Å²) in [6.45, 7) is 6.70. The molecule has 0 radical (unpaired) electrons. The molecule has 0 spiro atoms. The molecule has 7 nitrogen and oxygen atoms in total. The minimum atomic E-state index is -0.636. The Morgan fingerprint density at radius 3 is 2.21 bits per heavy atom. The van der Waals surface area contributed by atoms with Crippen molar-refractivity contribution < 1.29 is 19.2 Å². The second-order valence-electron chi connectivity index (χ2n) is 8.33. The van der Waals surface area contributed by atoms with Crippen LogP contribution in [0.5, 0.6) is 0 Å². The molecule has 1 atom stereocenters. The Morgan fingerprint density at radius 2 is 1.61 bits per heavy atom. The molecule has 1 heterocycles. The van der Waals surface area contributed by atoms with Crippen LogP contribution in [0.15, 0.2) is 48.5 Å². The van der Waals surface area contributed by atoms with Gasteiger partial charge >= 0.3 is 0 Å². The number of nitrogens with one attached hydrogen (secondary N) is 1. The van der Waals surface area contributed by atoms with Crippen molar-refractivity contribution in [3.8, 4) is 0 Å². The lowest BCUT2D eigenvalue weighted by atomic mass is 10.1. The van der Waals surface area contributed by atoms with Crippen LogP contribution < -0.4 is 5.32 Å². The monoisotopic (exact) mass is 449 g/mol. The average molecular weight is 450 g/mol. The predicted molar refractivity (Wildman–Crippen MR) is 126 cm³/mol. The quantitative estimate of drug-likeness (QED) is 0.564. The topological polar surface area (TPSA) is 86.8 Å². The van der Waals surface area contributed by atoms with Crippen LogP contribution in [0.4, 0.5) is 0 Å². The second kappa shape index (κ2) is 10.9. The van der Waals surface area contributed by atoms with Crippen molar-refractivity contribution in [2.75, 3.05) is 13.1 Å². The number of imide groups is 1. The van der Waals surface area contributed by atoms with Gasteiger partial charge in [0.1, 0.15) is 6.04 Å². The largest absolute Gasteiger partial charge is 0.354 e. The number of amides is 4. The number of hydrogen-bond donors (Lipinski definition) is 1. The van der Waals surface area contributed by atoms with Gasteiger partial charge in [0, 0.05) is 26.1 Å². The number of nitrogens with zero attached hydrogens (tertiary/aromatic N) is 2. The standard InChI is InChI=1S/C26H31N3O4/c1-4-15-27-24(31)19(3)29(17-20-11-6-5-10-18(20)2)23(30)14-9-16-28-25(32)21-12-7-8-13-22(21)26(28)33/h5-8,10-13,19H,4,9,14-17H2,1-3H3,(H,27,31)/t19-/m1/s1. The van der Waals surface area contributed by atoms with Crippen molar-refractivity contribution in [1.29, 1.82) is 0 Å². The minimum Gasteiger partial charge on any atom is -0.354 e. The SMILES string of the molecule is CCCNC(=O)[C@@H](C)N(Cc1ccccc1C)C(=O)CCCN1C(=O)c2ccccc2C1=O. The molecule has 1 N–H and O–H groups in total. The lowest BCUT2D eigenvalue weighted by Gasteiger charge is -2.29. The van der Waals surface area contributed by atoms with E-state index in [9.17, 15) is 19.2 Å². The molecular formula is C26H31N3O4. The van der Waals surface area contributed by atoms with Crippen LogP contribution in [0.25, 0.3) is 0 Å². The summed E-state index contributed by atoms with van der Waals surface area (Å²) in [4.78, 5) is 53.7. The summed E-state index contributed by atoms with van der Waals surface area (Å²) in [5, 5.41) is 2.86. The molecule has 0 bridgehead atoms. The van der Waals surface area contributed by atoms with Crippen molar-refractivity contribution in [3.63, 3.8) is 0 Å². The lowest BCUT2D eigenvalue weighted by Crippen LogP contribution is -2.48. The highest BCUT2D eigenvalue weighted by Crippen LogP contribution is 2.23. The Balaban J connectivity index is 1.67. The molecular weight excluding hydrogens is 418 g/mol. The maximum absolute atomic E-state index is 13.2. The fraction of sp³-hybridized carbons (Fsp3) is 0.385. The highest BCUT2D eigenvalue weighted by atomic mass is 16.2. The number of carbonyl (C=O) groups excluding carboxylic acids is 4. The van der Waals surface area contributed by atoms with Crippen molar-refractivity contribution in [2.45, 2.75) is 52.6 Å². The van der Waals surface area contributed by atoms with Gasteiger partial charge in [0.25, 0.3) is 11.8 Å². The first-order chi connectivity index (χ1) is 15.8. The number of hydrogen-bond acceptors (Lipinski definition) is 4. The van der Waals surface area contributed by atoms with Gasteiger partial charge in [-0.1, -0.05) is 43.3 Å². The molecule has 1 aliphatic heterocycles. The summed E-state index contributed by atoms with van der Waals surface area (Å²) in [6, 6.07) is 13.9. The molecule has 0 aromatic heterocycles. The number of aryl methyl sites for hydroxylation is 1. The van der Waals surface area contributed by atoms with Crippen LogP contribution in [0.2, 0.25) is 0 Å². The molecule has 2 aromatic rings. The smallest absolute Gasteiger partial charge is 0.261 e. The van der Waals surface area contributed by atoms with E-state index in [2.05, 4.69) is 5.32 Å². The van der Waals surface area contributed by atoms with E-state index >= 15 is 0 Å². The van der Waals surface area contributed by atoms with Crippen LogP contribution in [-0.4, -0.2) is 52.6 Å². The van der Waals surface area contributed by atoms with Crippen molar-refractivity contribution in [1.82, 2.24) is 15.1 Å². The Bertz CT molecular complexity index is 1010. The summed E-state index contributed by atoms with van der Waals surface area (Å²) in [7, 11) is 0. The summed E-state index contributed by atoms with van der Waals surface area (Å²) < 4.78 is 0. The molecule has 0 fully saturated rings. The molecule has 33 heavy (non-hydrogen) atoms. The molecule has 1 aliphatic rings. The van der Waals surface area contributed by atoms with E-state index in [1.54, 1.807) is 36.1 Å². The van der Waals surface area contributed by atoms with Crippen LogP contribution in [0, 0.1) is 6.92 Å². The van der Waals surface area contributed by atoms with E-state index in [4.69, 9.17) is 0 Å². The Hall–Kier alpha value is -3.48. The fourth-order valence-corrected chi connectivity index (χ4v) is 3.92. The van der Waals surface area contributed by atoms with Crippen molar-refractivity contribution in [3.05, 3.63) is 70.8 Å². The third kappa shape index (κ3) is 5.48. The molecule has 4 amide bonds. The zero-order valence-electron chi connectivity index (χ0n) is 19.5. The molecule has 2 aromatic carbocycles. The Labute approximate surface area is 194 Å². The molecule has 0 aliphatic carbocycles. The van der Waals surface area contributed by atoms with Gasteiger partial charge in [-0.2, -0.15) is 0 Å². The first-order valence-corrected chi connectivity index (χ1v) is 11.4. The number of benzene rings is 2. The van der Waals surface area contributed by atoms with Crippen LogP contribution in [0.3, 0.4) is 0 Å². The van der Waals surface area contributed by atoms with Gasteiger partial charge in [-0.3, -0.25) is 24.1 Å². The van der Waals surface area contributed by atoms with E-state index in [0.717, 1.165) is 17.5 Å². The highest BCUT2D eigenvalue weighted by Gasteiger charge is 2.35. The molecule has 3 rings (SSSR count). The van der Waals surface area contributed by atoms with Gasteiger partial charge in [0.2, 0.25) is 11.8 Å². The number of fused-ring (bicyclic) bond motifs is 1. The third-order valence-corrected chi connectivity index (χ3v) is 5.97. The van der Waals surface area contributed by atoms with Gasteiger partial charge in [-0.25, -0.2) is 0 Å². The van der Waals surface area contributed by atoms with Gasteiger partial charge in [-0.05, 0) is 49.9 Å². The molecule has 7 heteroatoms. The summed E-state index contributed by atoms with van der Waals surface area (Å²) in [6.07, 6.45) is 1.27. The van der Waals surface area contributed by atoms with E-state index in [1.165, 1.54) is 4.90 Å². The average Bonchev–Trinajstić information content (AvgIpc) is 3.06. The predicted octanol–water partition coefficient (Wildman–Crippen LogP) is 3.31. The van der Waals surface area contributed by atoms with Crippen molar-refractivity contribution >= 4 is 23.6 Å². The van der Waals surface area contributed by atoms with Gasteiger partial charge in [0.05, 0.1) is 11.1 Å². The maximum Gasteiger partial charge on any atom is 0.261 e. The Kier molecular flexibility index (Phi) is 7.98. The van der Waals surface area contributed by atoms with Gasteiger partial charge in [0.15, 0.2) is 0 Å². The first kappa shape index (κ1) is 24.2. The summed E-state index contributed by atoms with van der Waals surface area (Å²) in [5.41, 5.74) is 2.82. The summed E-state index contributed by atoms with van der Waals surface area (Å²) in [5.74, 6) is -1.03. The first-order valence-electron chi connectivity index (χ1n) is 11.4. The van der Waals surface area contributed by atoms with Crippen LogP contribution in [-0.2, 0) is 16.1 Å². The van der Waals surface area contributed by atoms with Crippen LogP contribution in [0.1, 0.15) is 65.0 Å². The van der Waals surface area contributed by atoms with E-state index in [1.807, 2.05) is 38.1 Å². The Morgan fingerprint density at radius 1 is 1.00 bits per heavy atom. The molecule has 0 unspecified atom stereocenters. The van der Waals surface area contributed by atoms with Gasteiger partial charge in [-0.15, -0.1) is 0 Å². The highest BCUT2D eigenvalue weighted by molar-refractivity contribution is 6.21. The zero-order valence-corrected chi connectivity index (χ0v) is 19.5. The van der Waals surface area contributed by atoms with E-state index in [0.29, 0.717) is 30.6 Å². The summed E-state index contributed by atoms with van der Waals surface area (Å²) >= 11 is 0. The van der Waals surface area contributed by atoms with Gasteiger partial charge < -0.3 is 10.2 Å². The molecule has 0 saturated carbocycles. The fourth-order valence-electron chi connectivity index (χ4n) is 3.92. The molecule has 0 saturated heterocycles. The number of carbonyl (C=O) groups is 4. The van der Waals surface area contributed by atoms with E-state index < -0.39 is 6.04 Å². The maximum atomic E-state index is 13.2. The van der Waals surface area contributed by atoms with Crippen LogP contribution >= 0.6 is 0 Å². The second-order valence-corrected chi connectivity index (χ2v) is 8.33. The lowest BCUT2D eigenvalue weighted by molar-refractivity contribution is -0.140. The third-order valence-electron chi connectivity index (χ3n) is 5.97. The molecule has 174 valence electrons. The van der Waals surface area contributed by atoms with Crippen molar-refractivity contribution in [2.24, 2.45) is 0 Å².